The van der Waals surface area contributed by atoms with E-state index < -0.39 is 12.2 Å². The van der Waals surface area contributed by atoms with Crippen molar-refractivity contribution in [3.63, 3.8) is 0 Å². The summed E-state index contributed by atoms with van der Waals surface area (Å²) < 4.78 is 14.3. The molecule has 0 N–H and O–H groups in total. The van der Waals surface area contributed by atoms with Gasteiger partial charge in [-0.3, -0.25) is 9.69 Å². The van der Waals surface area contributed by atoms with Crippen LogP contribution >= 0.6 is 15.9 Å². The smallest absolute Gasteiger partial charge is 0.325 e. The van der Waals surface area contributed by atoms with E-state index in [4.69, 9.17) is 4.99 Å². The van der Waals surface area contributed by atoms with Gasteiger partial charge in [-0.15, -0.1) is 0 Å². The number of likely N-dealkylation sites (N-methyl/N-ethyl adjacent to an activating group) is 1. The van der Waals surface area contributed by atoms with Gasteiger partial charge >= 0.3 is 6.03 Å². The maximum atomic E-state index is 13.4. The third kappa shape index (κ3) is 2.96. The largest absolute Gasteiger partial charge is 0.328 e. The van der Waals surface area contributed by atoms with Crippen molar-refractivity contribution in [1.29, 1.82) is 0 Å². The van der Waals surface area contributed by atoms with Crippen LogP contribution in [-0.4, -0.2) is 64.9 Å². The van der Waals surface area contributed by atoms with Crippen LogP contribution in [0.4, 0.5) is 14.9 Å². The first-order chi connectivity index (χ1) is 14.4. The van der Waals surface area contributed by atoms with Crippen molar-refractivity contribution < 1.29 is 14.0 Å². The molecule has 2 aromatic rings. The number of guanidine groups is 1. The molecule has 5 rings (SSSR count). The number of hydrogen-bond acceptors (Lipinski definition) is 5. The first-order valence-corrected chi connectivity index (χ1v) is 10.4. The van der Waals surface area contributed by atoms with Crippen molar-refractivity contribution in [3.8, 4) is 0 Å². The third-order valence-electron chi connectivity index (χ3n) is 5.77. The molecule has 2 unspecified atom stereocenters. The zero-order valence-electron chi connectivity index (χ0n) is 16.2. The number of urea groups is 1. The second-order valence-corrected chi connectivity index (χ2v) is 8.47. The van der Waals surface area contributed by atoms with E-state index in [1.807, 2.05) is 34.1 Å². The van der Waals surface area contributed by atoms with Gasteiger partial charge in [0, 0.05) is 30.3 Å². The highest BCUT2D eigenvalue weighted by molar-refractivity contribution is 9.10. The van der Waals surface area contributed by atoms with Gasteiger partial charge in [0.15, 0.2) is 12.2 Å². The monoisotopic (exact) mass is 471 g/mol. The first kappa shape index (κ1) is 19.0. The number of halogens is 2. The van der Waals surface area contributed by atoms with Crippen LogP contribution in [0.2, 0.25) is 0 Å². The minimum absolute atomic E-state index is 0.212. The SMILES string of the molecule is CN1C(=O)N(Cc2ccc(Br)cc2)C(=O)C2C1N=C1N(c3ccc(F)cc3)CCN12. The van der Waals surface area contributed by atoms with E-state index in [0.29, 0.717) is 19.0 Å². The number of nitrogens with zero attached hydrogens (tertiary/aromatic N) is 5. The van der Waals surface area contributed by atoms with Crippen LogP contribution in [0.3, 0.4) is 0 Å². The highest BCUT2D eigenvalue weighted by atomic mass is 79.9. The number of amides is 3. The highest BCUT2D eigenvalue weighted by Gasteiger charge is 2.54. The molecule has 2 fully saturated rings. The summed E-state index contributed by atoms with van der Waals surface area (Å²) in [6.45, 7) is 1.46. The lowest BCUT2D eigenvalue weighted by Crippen LogP contribution is -2.64. The summed E-state index contributed by atoms with van der Waals surface area (Å²) >= 11 is 3.40. The molecular formula is C21H19BrFN5O2. The average Bonchev–Trinajstić information content (AvgIpc) is 3.31. The molecule has 7 nitrogen and oxygen atoms in total. The summed E-state index contributed by atoms with van der Waals surface area (Å²) in [6, 6.07) is 12.8. The van der Waals surface area contributed by atoms with Crippen molar-refractivity contribution in [3.05, 3.63) is 64.4 Å². The molecule has 0 aliphatic carbocycles. The molecule has 3 amide bonds. The Morgan fingerprint density at radius 1 is 1.07 bits per heavy atom. The van der Waals surface area contributed by atoms with Crippen LogP contribution in [0, 0.1) is 5.82 Å². The Morgan fingerprint density at radius 3 is 2.47 bits per heavy atom. The quantitative estimate of drug-likeness (QED) is 0.690. The third-order valence-corrected chi connectivity index (χ3v) is 6.30. The highest BCUT2D eigenvalue weighted by Crippen LogP contribution is 2.33. The normalized spacial score (nSPS) is 23.1. The Bertz CT molecular complexity index is 1040. The molecule has 2 atom stereocenters. The molecule has 30 heavy (non-hydrogen) atoms. The van der Waals surface area contributed by atoms with Crippen molar-refractivity contribution in [2.24, 2.45) is 4.99 Å². The van der Waals surface area contributed by atoms with Crippen molar-refractivity contribution >= 4 is 39.5 Å². The van der Waals surface area contributed by atoms with Gasteiger partial charge in [0.2, 0.25) is 5.96 Å². The van der Waals surface area contributed by atoms with Crippen molar-refractivity contribution in [1.82, 2.24) is 14.7 Å². The van der Waals surface area contributed by atoms with Gasteiger partial charge in [-0.1, -0.05) is 28.1 Å². The molecule has 9 heteroatoms. The Morgan fingerprint density at radius 2 is 1.77 bits per heavy atom. The fourth-order valence-electron chi connectivity index (χ4n) is 4.22. The molecule has 2 aromatic carbocycles. The van der Waals surface area contributed by atoms with Crippen LogP contribution in [0.1, 0.15) is 5.56 Å². The van der Waals surface area contributed by atoms with Crippen LogP contribution in [0.5, 0.6) is 0 Å². The fraction of sp³-hybridized carbons (Fsp3) is 0.286. The van der Waals surface area contributed by atoms with Gasteiger partial charge in [-0.2, -0.15) is 0 Å². The molecule has 3 aliphatic heterocycles. The van der Waals surface area contributed by atoms with E-state index >= 15 is 0 Å². The average molecular weight is 472 g/mol. The molecule has 0 radical (unpaired) electrons. The minimum Gasteiger partial charge on any atom is -0.325 e. The van der Waals surface area contributed by atoms with Gasteiger partial charge in [-0.05, 0) is 42.0 Å². The van der Waals surface area contributed by atoms with Gasteiger partial charge in [-0.25, -0.2) is 14.2 Å². The molecule has 0 aromatic heterocycles. The Hall–Kier alpha value is -2.94. The van der Waals surface area contributed by atoms with Crippen molar-refractivity contribution in [2.45, 2.75) is 18.8 Å². The minimum atomic E-state index is -0.565. The molecule has 0 saturated carbocycles. The lowest BCUT2D eigenvalue weighted by Gasteiger charge is -2.40. The standard InChI is InChI=1S/C21H19BrFN5O2/c1-25-18-17(19(29)28(21(25)30)12-13-2-4-14(22)5-3-13)27-11-10-26(20(27)24-18)16-8-6-15(23)7-9-16/h2-9,17-18H,10-12H2,1H3. The number of benzene rings is 2. The second-order valence-electron chi connectivity index (χ2n) is 7.55. The molecule has 2 saturated heterocycles. The summed E-state index contributed by atoms with van der Waals surface area (Å²) in [5.41, 5.74) is 1.68. The molecular weight excluding hydrogens is 453 g/mol. The lowest BCUT2D eigenvalue weighted by atomic mass is 10.1. The van der Waals surface area contributed by atoms with Crippen LogP contribution in [0.25, 0.3) is 0 Å². The number of hydrogen-bond donors (Lipinski definition) is 0. The Kier molecular flexibility index (Phi) is 4.50. The summed E-state index contributed by atoms with van der Waals surface area (Å²) in [5, 5.41) is 0. The van der Waals surface area contributed by atoms with Crippen molar-refractivity contribution in [2.75, 3.05) is 25.0 Å². The number of carbonyl (C=O) groups excluding carboxylic acids is 2. The van der Waals surface area contributed by atoms with Gasteiger partial charge < -0.3 is 14.7 Å². The summed E-state index contributed by atoms with van der Waals surface area (Å²) in [4.78, 5) is 37.7. The zero-order chi connectivity index (χ0) is 21.0. The fourth-order valence-corrected chi connectivity index (χ4v) is 4.48. The van der Waals surface area contributed by atoms with Gasteiger partial charge in [0.05, 0.1) is 6.54 Å². The number of carbonyl (C=O) groups is 2. The molecule has 0 spiro atoms. The number of imide groups is 1. The second kappa shape index (κ2) is 7.09. The molecule has 0 bridgehead atoms. The number of rotatable bonds is 3. The number of anilines is 1. The topological polar surface area (TPSA) is 59.5 Å². The molecule has 3 heterocycles. The molecule has 154 valence electrons. The van der Waals surface area contributed by atoms with E-state index in [1.54, 1.807) is 19.2 Å². The van der Waals surface area contributed by atoms with Crippen LogP contribution < -0.4 is 4.90 Å². The first-order valence-electron chi connectivity index (χ1n) is 9.64. The number of aliphatic imine (C=N–C) groups is 1. The van der Waals surface area contributed by atoms with E-state index in [9.17, 15) is 14.0 Å². The zero-order valence-corrected chi connectivity index (χ0v) is 17.8. The Balaban J connectivity index is 1.43. The van der Waals surface area contributed by atoms with Crippen LogP contribution in [-0.2, 0) is 11.3 Å². The predicted molar refractivity (Wildman–Crippen MR) is 113 cm³/mol. The van der Waals surface area contributed by atoms with Crippen LogP contribution in [0.15, 0.2) is 58.0 Å². The lowest BCUT2D eigenvalue weighted by molar-refractivity contribution is -0.137. The van der Waals surface area contributed by atoms with E-state index in [0.717, 1.165) is 15.7 Å². The summed E-state index contributed by atoms with van der Waals surface area (Å²) in [5.74, 6) is 0.0988. The maximum absolute atomic E-state index is 13.4. The van der Waals surface area contributed by atoms with E-state index in [1.165, 1.54) is 21.9 Å². The molecule has 3 aliphatic rings. The van der Waals surface area contributed by atoms with E-state index in [-0.39, 0.29) is 24.3 Å². The Labute approximate surface area is 181 Å². The summed E-state index contributed by atoms with van der Waals surface area (Å²) in [6.07, 6.45) is -0.565. The predicted octanol–water partition coefficient (Wildman–Crippen LogP) is 2.87. The number of fused-ring (bicyclic) bond motifs is 3. The van der Waals surface area contributed by atoms with E-state index in [2.05, 4.69) is 15.9 Å². The maximum Gasteiger partial charge on any atom is 0.328 e. The van der Waals surface area contributed by atoms with Gasteiger partial charge in [0.25, 0.3) is 5.91 Å². The summed E-state index contributed by atoms with van der Waals surface area (Å²) in [7, 11) is 1.68. The van der Waals surface area contributed by atoms with Gasteiger partial charge in [0.1, 0.15) is 5.82 Å².